The minimum absolute atomic E-state index is 0.866. The van der Waals surface area contributed by atoms with Crippen LogP contribution in [0.4, 0.5) is 0 Å². The summed E-state index contributed by atoms with van der Waals surface area (Å²) in [5, 5.41) is 5.79. The van der Waals surface area contributed by atoms with E-state index in [4.69, 9.17) is 0 Å². The van der Waals surface area contributed by atoms with Gasteiger partial charge in [-0.15, -0.1) is 0 Å². The lowest BCUT2D eigenvalue weighted by Crippen LogP contribution is -2.53. The third kappa shape index (κ3) is 6.67. The first-order valence-electron chi connectivity index (χ1n) is 11.4. The van der Waals surface area contributed by atoms with Crippen molar-refractivity contribution >= 4 is 0 Å². The highest BCUT2D eigenvalue weighted by Crippen LogP contribution is 2.33. The molecule has 2 nitrogen and oxygen atoms in total. The van der Waals surface area contributed by atoms with Crippen LogP contribution in [0.1, 0.15) is 117 Å². The van der Waals surface area contributed by atoms with E-state index in [1.807, 2.05) is 0 Å². The van der Waals surface area contributed by atoms with Crippen LogP contribution in [-0.2, 0) is 0 Å². The number of rotatable bonds is 13. The van der Waals surface area contributed by atoms with Gasteiger partial charge in [0, 0.05) is 25.2 Å². The van der Waals surface area contributed by atoms with E-state index in [0.717, 1.165) is 12.1 Å². The van der Waals surface area contributed by atoms with Crippen molar-refractivity contribution in [2.24, 2.45) is 0 Å². The summed E-state index contributed by atoms with van der Waals surface area (Å²) in [7, 11) is 0. The van der Waals surface area contributed by atoms with Crippen molar-refractivity contribution in [2.75, 3.05) is 13.1 Å². The molecule has 0 N–H and O–H groups in total. The highest BCUT2D eigenvalue weighted by atomic mass is 15.6. The van der Waals surface area contributed by atoms with Crippen molar-refractivity contribution in [1.29, 1.82) is 0 Å². The van der Waals surface area contributed by atoms with Crippen LogP contribution in [0.3, 0.4) is 0 Å². The molecular formula is C22H44N2. The lowest BCUT2D eigenvalue weighted by molar-refractivity contribution is -0.0935. The van der Waals surface area contributed by atoms with E-state index < -0.39 is 0 Å². The van der Waals surface area contributed by atoms with E-state index in [1.54, 1.807) is 0 Å². The molecule has 2 saturated carbocycles. The summed E-state index contributed by atoms with van der Waals surface area (Å²) in [5.74, 6) is 0. The van der Waals surface area contributed by atoms with Crippen molar-refractivity contribution in [1.82, 2.24) is 10.0 Å². The zero-order valence-corrected chi connectivity index (χ0v) is 16.8. The molecule has 0 bridgehead atoms. The summed E-state index contributed by atoms with van der Waals surface area (Å²) >= 11 is 0. The number of nitrogens with zero attached hydrogens (tertiary/aromatic N) is 2. The Labute approximate surface area is 152 Å². The first-order valence-corrected chi connectivity index (χ1v) is 11.4. The Morgan fingerprint density at radius 2 is 1.00 bits per heavy atom. The number of unbranched alkanes of at least 4 members (excludes halogenated alkanes) is 6. The fraction of sp³-hybridized carbons (Fsp3) is 1.00. The second kappa shape index (κ2) is 12.3. The van der Waals surface area contributed by atoms with Gasteiger partial charge in [0.25, 0.3) is 0 Å². The lowest BCUT2D eigenvalue weighted by atomic mass is 10.1. The van der Waals surface area contributed by atoms with Crippen LogP contribution in [0, 0.1) is 0 Å². The monoisotopic (exact) mass is 336 g/mol. The van der Waals surface area contributed by atoms with Gasteiger partial charge in [0.15, 0.2) is 0 Å². The van der Waals surface area contributed by atoms with Crippen molar-refractivity contribution < 1.29 is 0 Å². The average molecular weight is 337 g/mol. The Kier molecular flexibility index (Phi) is 10.4. The number of hydrazine groups is 1. The Balaban J connectivity index is 1.94. The third-order valence-electron chi connectivity index (χ3n) is 6.26. The zero-order valence-electron chi connectivity index (χ0n) is 16.8. The number of hydrogen-bond donors (Lipinski definition) is 0. The molecule has 142 valence electrons. The molecule has 0 aromatic heterocycles. The Morgan fingerprint density at radius 3 is 1.38 bits per heavy atom. The third-order valence-corrected chi connectivity index (χ3v) is 6.26. The van der Waals surface area contributed by atoms with Crippen LogP contribution in [0.5, 0.6) is 0 Å². The summed E-state index contributed by atoms with van der Waals surface area (Å²) < 4.78 is 0. The second-order valence-corrected chi connectivity index (χ2v) is 8.33. The number of hydrogen-bond acceptors (Lipinski definition) is 2. The van der Waals surface area contributed by atoms with E-state index in [0.29, 0.717) is 0 Å². The van der Waals surface area contributed by atoms with Crippen LogP contribution in [0.2, 0.25) is 0 Å². The van der Waals surface area contributed by atoms with Crippen molar-refractivity contribution in [2.45, 2.75) is 129 Å². The molecule has 0 radical (unpaired) electrons. The van der Waals surface area contributed by atoms with Gasteiger partial charge >= 0.3 is 0 Å². The highest BCUT2D eigenvalue weighted by molar-refractivity contribution is 4.84. The van der Waals surface area contributed by atoms with Gasteiger partial charge in [0.2, 0.25) is 0 Å². The van der Waals surface area contributed by atoms with Gasteiger partial charge < -0.3 is 0 Å². The smallest absolute Gasteiger partial charge is 0.0249 e. The maximum Gasteiger partial charge on any atom is 0.0249 e. The predicted octanol–water partition coefficient (Wildman–Crippen LogP) is 6.55. The van der Waals surface area contributed by atoms with Gasteiger partial charge in [0.05, 0.1) is 0 Å². The lowest BCUT2D eigenvalue weighted by Gasteiger charge is -2.43. The fourth-order valence-corrected chi connectivity index (χ4v) is 4.88. The molecule has 2 heteroatoms. The standard InChI is InChI=1S/C22H44N2/c1-3-5-7-13-19-23(20-14-8-6-4-2)24(21-15-9-10-16-21)22-17-11-12-18-22/h21-22H,3-20H2,1-2H3. The molecule has 2 aliphatic rings. The van der Waals surface area contributed by atoms with Gasteiger partial charge in [-0.1, -0.05) is 78.1 Å². The van der Waals surface area contributed by atoms with Crippen molar-refractivity contribution in [3.8, 4) is 0 Å². The van der Waals surface area contributed by atoms with Crippen molar-refractivity contribution in [3.05, 3.63) is 0 Å². The normalized spacial score (nSPS) is 20.0. The second-order valence-electron chi connectivity index (χ2n) is 8.33. The topological polar surface area (TPSA) is 6.48 Å². The van der Waals surface area contributed by atoms with Crippen LogP contribution < -0.4 is 0 Å². The van der Waals surface area contributed by atoms with E-state index in [9.17, 15) is 0 Å². The van der Waals surface area contributed by atoms with E-state index in [-0.39, 0.29) is 0 Å². The molecule has 2 aliphatic carbocycles. The molecule has 0 unspecified atom stereocenters. The van der Waals surface area contributed by atoms with Gasteiger partial charge in [-0.25, -0.2) is 10.0 Å². The molecule has 0 spiro atoms. The van der Waals surface area contributed by atoms with Crippen LogP contribution in [0.15, 0.2) is 0 Å². The summed E-state index contributed by atoms with van der Waals surface area (Å²) in [6, 6.07) is 1.73. The van der Waals surface area contributed by atoms with E-state index >= 15 is 0 Å². The van der Waals surface area contributed by atoms with Gasteiger partial charge in [-0.05, 0) is 38.5 Å². The summed E-state index contributed by atoms with van der Waals surface area (Å²) in [6.45, 7) is 7.29. The van der Waals surface area contributed by atoms with E-state index in [1.165, 1.54) is 116 Å². The maximum atomic E-state index is 2.94. The van der Waals surface area contributed by atoms with E-state index in [2.05, 4.69) is 23.9 Å². The van der Waals surface area contributed by atoms with Crippen molar-refractivity contribution in [3.63, 3.8) is 0 Å². The molecule has 0 atom stereocenters. The molecule has 24 heavy (non-hydrogen) atoms. The molecule has 0 aromatic rings. The highest BCUT2D eigenvalue weighted by Gasteiger charge is 2.34. The predicted molar refractivity (Wildman–Crippen MR) is 106 cm³/mol. The maximum absolute atomic E-state index is 2.94. The van der Waals surface area contributed by atoms with Gasteiger partial charge in [-0.2, -0.15) is 0 Å². The molecule has 0 aliphatic heterocycles. The van der Waals surface area contributed by atoms with Crippen LogP contribution >= 0.6 is 0 Å². The average Bonchev–Trinajstić information content (AvgIpc) is 3.29. The minimum atomic E-state index is 0.866. The Bertz CT molecular complexity index is 264. The SMILES string of the molecule is CCCCCCN(CCCCCC)N(C1CCCC1)C1CCCC1. The summed E-state index contributed by atoms with van der Waals surface area (Å²) in [6.07, 6.45) is 22.9. The van der Waals surface area contributed by atoms with Crippen LogP contribution in [0.25, 0.3) is 0 Å². The largest absolute Gasteiger partial charge is 0.241 e. The quantitative estimate of drug-likeness (QED) is 0.278. The summed E-state index contributed by atoms with van der Waals surface area (Å²) in [5.41, 5.74) is 0. The molecule has 2 rings (SSSR count). The molecule has 0 heterocycles. The van der Waals surface area contributed by atoms with Gasteiger partial charge in [0.1, 0.15) is 0 Å². The van der Waals surface area contributed by atoms with Crippen LogP contribution in [-0.4, -0.2) is 35.2 Å². The molecule has 2 fully saturated rings. The fourth-order valence-electron chi connectivity index (χ4n) is 4.88. The molecule has 0 amide bonds. The molecular weight excluding hydrogens is 292 g/mol. The molecule has 0 aromatic carbocycles. The first-order chi connectivity index (χ1) is 11.9. The Hall–Kier alpha value is -0.0800. The summed E-state index contributed by atoms with van der Waals surface area (Å²) in [4.78, 5) is 0. The van der Waals surface area contributed by atoms with Gasteiger partial charge in [-0.3, -0.25) is 0 Å². The zero-order chi connectivity index (χ0) is 17.0. The minimum Gasteiger partial charge on any atom is -0.241 e. The molecule has 0 saturated heterocycles. The Morgan fingerprint density at radius 1 is 0.583 bits per heavy atom. The first kappa shape index (κ1) is 20.2.